The fourth-order valence-corrected chi connectivity index (χ4v) is 1.98. The third kappa shape index (κ3) is 2.39. The summed E-state index contributed by atoms with van der Waals surface area (Å²) < 4.78 is 3.81. The van der Waals surface area contributed by atoms with Crippen molar-refractivity contribution in [2.45, 2.75) is 19.4 Å². The molecule has 5 heteroatoms. The zero-order chi connectivity index (χ0) is 12.3. The van der Waals surface area contributed by atoms with E-state index in [9.17, 15) is 0 Å². The summed E-state index contributed by atoms with van der Waals surface area (Å²) in [5, 5.41) is 12.0. The topological polar surface area (TPSA) is 47.7 Å². The predicted molar refractivity (Wildman–Crippen MR) is 66.6 cm³/mol. The van der Waals surface area contributed by atoms with Crippen molar-refractivity contribution in [1.82, 2.24) is 24.9 Å². The van der Waals surface area contributed by atoms with Crippen LogP contribution in [0.5, 0.6) is 0 Å². The quantitative estimate of drug-likeness (QED) is 0.845. The van der Waals surface area contributed by atoms with Crippen molar-refractivity contribution in [3.05, 3.63) is 35.9 Å². The van der Waals surface area contributed by atoms with Gasteiger partial charge in [0.1, 0.15) is 0 Å². The van der Waals surface area contributed by atoms with Gasteiger partial charge in [-0.05, 0) is 25.1 Å². The Morgan fingerprint density at radius 2 is 1.65 bits per heavy atom. The van der Waals surface area contributed by atoms with Crippen LogP contribution in [0.1, 0.15) is 30.8 Å². The molecular formula is C12H19N5. The summed E-state index contributed by atoms with van der Waals surface area (Å²) in [6.45, 7) is 3.14. The SMILES string of the molecule is CCCNC(c1ccnn1C)c1ccnn1C. The van der Waals surface area contributed by atoms with Crippen LogP contribution in [0.4, 0.5) is 0 Å². The van der Waals surface area contributed by atoms with Crippen LogP contribution in [-0.4, -0.2) is 26.1 Å². The first kappa shape index (κ1) is 11.9. The van der Waals surface area contributed by atoms with Crippen molar-refractivity contribution < 1.29 is 0 Å². The molecule has 0 fully saturated rings. The van der Waals surface area contributed by atoms with Gasteiger partial charge in [-0.3, -0.25) is 9.36 Å². The molecule has 0 spiro atoms. The molecule has 0 saturated heterocycles. The molecule has 0 bridgehead atoms. The van der Waals surface area contributed by atoms with Gasteiger partial charge in [0.05, 0.1) is 17.4 Å². The summed E-state index contributed by atoms with van der Waals surface area (Å²) >= 11 is 0. The van der Waals surface area contributed by atoms with E-state index in [1.165, 1.54) is 0 Å². The molecule has 92 valence electrons. The van der Waals surface area contributed by atoms with Crippen LogP contribution in [0, 0.1) is 0 Å². The van der Waals surface area contributed by atoms with Crippen LogP contribution in [-0.2, 0) is 14.1 Å². The van der Waals surface area contributed by atoms with E-state index in [-0.39, 0.29) is 6.04 Å². The van der Waals surface area contributed by atoms with Crippen LogP contribution in [0.3, 0.4) is 0 Å². The van der Waals surface area contributed by atoms with Crippen LogP contribution >= 0.6 is 0 Å². The first-order chi connectivity index (χ1) is 8.24. The van der Waals surface area contributed by atoms with E-state index < -0.39 is 0 Å². The molecule has 0 aliphatic carbocycles. The maximum absolute atomic E-state index is 4.23. The minimum Gasteiger partial charge on any atom is -0.304 e. The van der Waals surface area contributed by atoms with Crippen LogP contribution in [0.15, 0.2) is 24.5 Å². The van der Waals surface area contributed by atoms with E-state index >= 15 is 0 Å². The minimum atomic E-state index is 0.148. The van der Waals surface area contributed by atoms with Gasteiger partial charge in [-0.1, -0.05) is 6.92 Å². The lowest BCUT2D eigenvalue weighted by atomic mass is 10.1. The second kappa shape index (κ2) is 5.14. The van der Waals surface area contributed by atoms with Gasteiger partial charge < -0.3 is 5.32 Å². The van der Waals surface area contributed by atoms with Gasteiger partial charge in [-0.2, -0.15) is 10.2 Å². The van der Waals surface area contributed by atoms with E-state index in [4.69, 9.17) is 0 Å². The fourth-order valence-electron chi connectivity index (χ4n) is 1.98. The van der Waals surface area contributed by atoms with E-state index in [0.29, 0.717) is 0 Å². The lowest BCUT2D eigenvalue weighted by Crippen LogP contribution is -2.27. The van der Waals surface area contributed by atoms with Crippen molar-refractivity contribution in [1.29, 1.82) is 0 Å². The monoisotopic (exact) mass is 233 g/mol. The smallest absolute Gasteiger partial charge is 0.0918 e. The number of aromatic nitrogens is 4. The van der Waals surface area contributed by atoms with Gasteiger partial charge in [-0.15, -0.1) is 0 Å². The molecule has 17 heavy (non-hydrogen) atoms. The Balaban J connectivity index is 2.32. The highest BCUT2D eigenvalue weighted by Gasteiger charge is 2.19. The van der Waals surface area contributed by atoms with Crippen molar-refractivity contribution in [2.24, 2.45) is 14.1 Å². The van der Waals surface area contributed by atoms with E-state index in [1.807, 2.05) is 48.0 Å². The lowest BCUT2D eigenvalue weighted by molar-refractivity contribution is 0.520. The molecule has 2 rings (SSSR count). The molecule has 0 unspecified atom stereocenters. The Bertz CT molecular complexity index is 430. The molecule has 2 aromatic heterocycles. The Kier molecular flexibility index (Phi) is 3.58. The highest BCUT2D eigenvalue weighted by molar-refractivity contribution is 5.21. The van der Waals surface area contributed by atoms with Gasteiger partial charge in [-0.25, -0.2) is 0 Å². The lowest BCUT2D eigenvalue weighted by Gasteiger charge is -2.19. The van der Waals surface area contributed by atoms with Crippen molar-refractivity contribution in [3.8, 4) is 0 Å². The number of hydrogen-bond acceptors (Lipinski definition) is 3. The molecule has 0 amide bonds. The summed E-state index contributed by atoms with van der Waals surface area (Å²) in [6, 6.07) is 4.23. The van der Waals surface area contributed by atoms with Gasteiger partial charge in [0.15, 0.2) is 0 Å². The van der Waals surface area contributed by atoms with Gasteiger partial charge in [0, 0.05) is 26.5 Å². The first-order valence-corrected chi connectivity index (χ1v) is 5.93. The first-order valence-electron chi connectivity index (χ1n) is 5.93. The summed E-state index contributed by atoms with van der Waals surface area (Å²) in [6.07, 6.45) is 4.75. The van der Waals surface area contributed by atoms with Crippen LogP contribution in [0.25, 0.3) is 0 Å². The molecule has 0 radical (unpaired) electrons. The minimum absolute atomic E-state index is 0.148. The summed E-state index contributed by atoms with van der Waals surface area (Å²) in [5.41, 5.74) is 2.31. The fraction of sp³-hybridized carbons (Fsp3) is 0.500. The van der Waals surface area contributed by atoms with Crippen molar-refractivity contribution >= 4 is 0 Å². The molecule has 0 aliphatic heterocycles. The van der Waals surface area contributed by atoms with Crippen LogP contribution < -0.4 is 5.32 Å². The Morgan fingerprint density at radius 1 is 1.12 bits per heavy atom. The Labute approximate surface area is 101 Å². The van der Waals surface area contributed by atoms with Crippen LogP contribution in [0.2, 0.25) is 0 Å². The largest absolute Gasteiger partial charge is 0.304 e. The zero-order valence-corrected chi connectivity index (χ0v) is 10.6. The van der Waals surface area contributed by atoms with E-state index in [2.05, 4.69) is 22.4 Å². The Hall–Kier alpha value is -1.62. The number of hydrogen-bond donors (Lipinski definition) is 1. The van der Waals surface area contributed by atoms with Gasteiger partial charge in [0.25, 0.3) is 0 Å². The van der Waals surface area contributed by atoms with Gasteiger partial charge >= 0.3 is 0 Å². The second-order valence-corrected chi connectivity index (χ2v) is 4.15. The van der Waals surface area contributed by atoms with Crippen molar-refractivity contribution in [3.63, 3.8) is 0 Å². The number of aryl methyl sites for hydroxylation is 2. The third-order valence-electron chi connectivity index (χ3n) is 2.91. The second-order valence-electron chi connectivity index (χ2n) is 4.15. The summed E-state index contributed by atoms with van der Waals surface area (Å²) in [5.74, 6) is 0. The molecular weight excluding hydrogens is 214 g/mol. The standard InChI is InChI=1S/C12H19N5/c1-4-7-13-12(10-5-8-14-16(10)2)11-6-9-15-17(11)3/h5-6,8-9,12-13H,4,7H2,1-3H3. The third-order valence-corrected chi connectivity index (χ3v) is 2.91. The Morgan fingerprint density at radius 3 is 2.00 bits per heavy atom. The number of nitrogens with zero attached hydrogens (tertiary/aromatic N) is 4. The maximum Gasteiger partial charge on any atom is 0.0918 e. The summed E-state index contributed by atoms with van der Waals surface area (Å²) in [4.78, 5) is 0. The molecule has 2 heterocycles. The molecule has 2 aromatic rings. The molecule has 0 saturated carbocycles. The maximum atomic E-state index is 4.23. The predicted octanol–water partition coefficient (Wildman–Crippen LogP) is 1.24. The van der Waals surface area contributed by atoms with Crippen molar-refractivity contribution in [2.75, 3.05) is 6.54 Å². The number of rotatable bonds is 5. The highest BCUT2D eigenvalue weighted by Crippen LogP contribution is 2.20. The highest BCUT2D eigenvalue weighted by atomic mass is 15.3. The normalized spacial score (nSPS) is 11.3. The average molecular weight is 233 g/mol. The molecule has 0 aromatic carbocycles. The molecule has 5 nitrogen and oxygen atoms in total. The average Bonchev–Trinajstić information content (AvgIpc) is 2.90. The van der Waals surface area contributed by atoms with Gasteiger partial charge in [0.2, 0.25) is 0 Å². The van der Waals surface area contributed by atoms with E-state index in [1.54, 1.807) is 0 Å². The summed E-state index contributed by atoms with van der Waals surface area (Å²) in [7, 11) is 3.93. The van der Waals surface area contributed by atoms with E-state index in [0.717, 1.165) is 24.4 Å². The molecule has 0 aliphatic rings. The zero-order valence-electron chi connectivity index (χ0n) is 10.6. The molecule has 1 N–H and O–H groups in total. The molecule has 0 atom stereocenters. The number of nitrogens with one attached hydrogen (secondary N) is 1.